The van der Waals surface area contributed by atoms with Crippen molar-refractivity contribution in [2.75, 3.05) is 30.4 Å². The Morgan fingerprint density at radius 1 is 1.25 bits per heavy atom. The van der Waals surface area contributed by atoms with Crippen LogP contribution in [0.5, 0.6) is 0 Å². The molecule has 1 atom stereocenters. The molecule has 0 aromatic carbocycles. The highest BCUT2D eigenvalue weighted by Gasteiger charge is 2.20. The highest BCUT2D eigenvalue weighted by Crippen LogP contribution is 2.21. The lowest BCUT2D eigenvalue weighted by Crippen LogP contribution is -2.35. The summed E-state index contributed by atoms with van der Waals surface area (Å²) in [5, 5.41) is 7.04. The molecule has 1 aliphatic rings. The summed E-state index contributed by atoms with van der Waals surface area (Å²) in [5.74, 6) is 2.38. The van der Waals surface area contributed by atoms with Crippen LogP contribution in [0.2, 0.25) is 0 Å². The molecule has 20 heavy (non-hydrogen) atoms. The molecule has 0 saturated carbocycles. The molecular formula is C12H18N8. The molecule has 2 aromatic heterocycles. The predicted octanol–water partition coefficient (Wildman–Crippen LogP) is 0.730. The molecular weight excluding hydrogens is 256 g/mol. The third kappa shape index (κ3) is 2.54. The van der Waals surface area contributed by atoms with Crippen molar-refractivity contribution in [3.8, 4) is 5.95 Å². The van der Waals surface area contributed by atoms with Crippen molar-refractivity contribution in [3.05, 3.63) is 12.7 Å². The molecule has 8 nitrogen and oxygen atoms in total. The Bertz CT molecular complexity index is 567. The van der Waals surface area contributed by atoms with Crippen molar-refractivity contribution in [3.63, 3.8) is 0 Å². The zero-order valence-electron chi connectivity index (χ0n) is 11.7. The van der Waals surface area contributed by atoms with Gasteiger partial charge < -0.3 is 10.2 Å². The SMILES string of the molecule is CNc1nc(N2CCCC(C)C2)nc(-n2cncn2)n1. The van der Waals surface area contributed by atoms with Crippen molar-refractivity contribution in [1.29, 1.82) is 0 Å². The molecule has 3 rings (SSSR count). The quantitative estimate of drug-likeness (QED) is 0.883. The average molecular weight is 274 g/mol. The molecule has 1 unspecified atom stereocenters. The van der Waals surface area contributed by atoms with Crippen LogP contribution in [0.25, 0.3) is 5.95 Å². The van der Waals surface area contributed by atoms with Crippen molar-refractivity contribution in [2.24, 2.45) is 5.92 Å². The Morgan fingerprint density at radius 3 is 2.80 bits per heavy atom. The molecule has 8 heteroatoms. The first-order valence-electron chi connectivity index (χ1n) is 6.80. The van der Waals surface area contributed by atoms with E-state index in [-0.39, 0.29) is 0 Å². The largest absolute Gasteiger partial charge is 0.357 e. The van der Waals surface area contributed by atoms with Crippen LogP contribution in [0, 0.1) is 5.92 Å². The maximum atomic E-state index is 4.51. The van der Waals surface area contributed by atoms with Gasteiger partial charge in [-0.15, -0.1) is 0 Å². The topological polar surface area (TPSA) is 84.7 Å². The molecule has 1 fully saturated rings. The Balaban J connectivity index is 1.96. The van der Waals surface area contributed by atoms with Gasteiger partial charge in [-0.1, -0.05) is 6.92 Å². The van der Waals surface area contributed by atoms with Crippen molar-refractivity contribution < 1.29 is 0 Å². The van der Waals surface area contributed by atoms with Crippen LogP contribution in [0.3, 0.4) is 0 Å². The highest BCUT2D eigenvalue weighted by atomic mass is 15.4. The molecule has 2 aromatic rings. The van der Waals surface area contributed by atoms with Crippen LogP contribution in [0.1, 0.15) is 19.8 Å². The van der Waals surface area contributed by atoms with E-state index < -0.39 is 0 Å². The minimum Gasteiger partial charge on any atom is -0.357 e. The zero-order chi connectivity index (χ0) is 13.9. The standard InChI is InChI=1S/C12H18N8/c1-9-4-3-5-19(6-9)11-16-10(13-2)17-12(18-11)20-8-14-7-15-20/h7-9H,3-6H2,1-2H3,(H,13,16,17,18). The number of piperidine rings is 1. The van der Waals surface area contributed by atoms with Gasteiger partial charge in [-0.3, -0.25) is 0 Å². The maximum absolute atomic E-state index is 4.51. The zero-order valence-corrected chi connectivity index (χ0v) is 11.7. The van der Waals surface area contributed by atoms with Crippen LogP contribution < -0.4 is 10.2 Å². The van der Waals surface area contributed by atoms with Gasteiger partial charge in [-0.05, 0) is 18.8 Å². The normalized spacial score (nSPS) is 19.1. The van der Waals surface area contributed by atoms with Gasteiger partial charge >= 0.3 is 0 Å². The summed E-state index contributed by atoms with van der Waals surface area (Å²) in [5.41, 5.74) is 0. The average Bonchev–Trinajstić information content (AvgIpc) is 3.01. The van der Waals surface area contributed by atoms with Crippen molar-refractivity contribution >= 4 is 11.9 Å². The molecule has 1 saturated heterocycles. The van der Waals surface area contributed by atoms with E-state index in [1.165, 1.54) is 19.2 Å². The number of nitrogens with zero attached hydrogens (tertiary/aromatic N) is 7. The number of hydrogen-bond donors (Lipinski definition) is 1. The number of rotatable bonds is 3. The van der Waals surface area contributed by atoms with Crippen LogP contribution in [-0.4, -0.2) is 49.9 Å². The summed E-state index contributed by atoms with van der Waals surface area (Å²) in [7, 11) is 1.79. The molecule has 3 heterocycles. The predicted molar refractivity (Wildman–Crippen MR) is 74.9 cm³/mol. The van der Waals surface area contributed by atoms with Gasteiger partial charge in [-0.25, -0.2) is 4.98 Å². The second-order valence-electron chi connectivity index (χ2n) is 5.04. The lowest BCUT2D eigenvalue weighted by atomic mass is 10.0. The second-order valence-corrected chi connectivity index (χ2v) is 5.04. The lowest BCUT2D eigenvalue weighted by Gasteiger charge is -2.31. The van der Waals surface area contributed by atoms with Gasteiger partial charge in [-0.2, -0.15) is 24.7 Å². The highest BCUT2D eigenvalue weighted by molar-refractivity contribution is 5.40. The van der Waals surface area contributed by atoms with Crippen LogP contribution in [0.4, 0.5) is 11.9 Å². The van der Waals surface area contributed by atoms with E-state index in [2.05, 4.69) is 42.2 Å². The molecule has 106 valence electrons. The fourth-order valence-corrected chi connectivity index (χ4v) is 2.39. The molecule has 0 amide bonds. The van der Waals surface area contributed by atoms with Gasteiger partial charge in [0.05, 0.1) is 0 Å². The molecule has 1 N–H and O–H groups in total. The first-order chi connectivity index (χ1) is 9.76. The number of anilines is 2. The summed E-state index contributed by atoms with van der Waals surface area (Å²) in [4.78, 5) is 19.4. The van der Waals surface area contributed by atoms with E-state index in [0.29, 0.717) is 23.8 Å². The van der Waals surface area contributed by atoms with Gasteiger partial charge in [0.25, 0.3) is 5.95 Å². The van der Waals surface area contributed by atoms with E-state index in [9.17, 15) is 0 Å². The minimum absolute atomic E-state index is 0.482. The van der Waals surface area contributed by atoms with E-state index in [0.717, 1.165) is 13.1 Å². The molecule has 1 aliphatic heterocycles. The van der Waals surface area contributed by atoms with Crippen LogP contribution in [-0.2, 0) is 0 Å². The van der Waals surface area contributed by atoms with Gasteiger partial charge in [0.1, 0.15) is 12.7 Å². The first-order valence-corrected chi connectivity index (χ1v) is 6.80. The van der Waals surface area contributed by atoms with Crippen molar-refractivity contribution in [1.82, 2.24) is 29.7 Å². The Hall–Kier alpha value is -2.25. The number of nitrogens with one attached hydrogen (secondary N) is 1. The van der Waals surface area contributed by atoms with E-state index >= 15 is 0 Å². The number of aromatic nitrogens is 6. The summed E-state index contributed by atoms with van der Waals surface area (Å²) >= 11 is 0. The molecule has 0 bridgehead atoms. The summed E-state index contributed by atoms with van der Waals surface area (Å²) in [6, 6.07) is 0. The van der Waals surface area contributed by atoms with E-state index in [1.54, 1.807) is 18.1 Å². The van der Waals surface area contributed by atoms with Crippen LogP contribution in [0.15, 0.2) is 12.7 Å². The monoisotopic (exact) mass is 274 g/mol. The van der Waals surface area contributed by atoms with Crippen LogP contribution >= 0.6 is 0 Å². The van der Waals surface area contributed by atoms with E-state index in [1.807, 2.05) is 0 Å². The summed E-state index contributed by atoms with van der Waals surface area (Å²) in [6.07, 6.45) is 5.47. The lowest BCUT2D eigenvalue weighted by molar-refractivity contribution is 0.441. The fourth-order valence-electron chi connectivity index (χ4n) is 2.39. The van der Waals surface area contributed by atoms with Gasteiger partial charge in [0, 0.05) is 20.1 Å². The third-order valence-electron chi connectivity index (χ3n) is 3.40. The second kappa shape index (κ2) is 5.40. The first kappa shape index (κ1) is 12.8. The summed E-state index contributed by atoms with van der Waals surface area (Å²) in [6.45, 7) is 4.21. The summed E-state index contributed by atoms with van der Waals surface area (Å²) < 4.78 is 1.54. The molecule has 0 spiro atoms. The Labute approximate surface area is 117 Å². The minimum atomic E-state index is 0.482. The third-order valence-corrected chi connectivity index (χ3v) is 3.40. The fraction of sp³-hybridized carbons (Fsp3) is 0.583. The van der Waals surface area contributed by atoms with Gasteiger partial charge in [0.2, 0.25) is 11.9 Å². The molecule has 0 aliphatic carbocycles. The Morgan fingerprint density at radius 2 is 2.10 bits per heavy atom. The van der Waals surface area contributed by atoms with Gasteiger partial charge in [0.15, 0.2) is 0 Å². The smallest absolute Gasteiger partial charge is 0.258 e. The van der Waals surface area contributed by atoms with Crippen molar-refractivity contribution in [2.45, 2.75) is 19.8 Å². The van der Waals surface area contributed by atoms with E-state index in [4.69, 9.17) is 0 Å². The Kier molecular flexibility index (Phi) is 3.44. The number of hydrogen-bond acceptors (Lipinski definition) is 7. The molecule has 0 radical (unpaired) electrons. The maximum Gasteiger partial charge on any atom is 0.258 e.